The largest absolute Gasteiger partial charge is 0.390 e. The average molecular weight is 438 g/mol. The van der Waals surface area contributed by atoms with E-state index >= 15 is 0 Å². The van der Waals surface area contributed by atoms with E-state index in [1.165, 1.54) is 24.5 Å². The topological polar surface area (TPSA) is 87.8 Å². The van der Waals surface area contributed by atoms with E-state index < -0.39 is 5.60 Å². The van der Waals surface area contributed by atoms with Gasteiger partial charge in [0.1, 0.15) is 5.69 Å². The predicted molar refractivity (Wildman–Crippen MR) is 126 cm³/mol. The minimum atomic E-state index is -0.530. The first-order valence-corrected chi connectivity index (χ1v) is 12.2. The smallest absolute Gasteiger partial charge is 0.294 e. The third-order valence-corrected chi connectivity index (χ3v) is 9.96. The third kappa shape index (κ3) is 3.13. The fourth-order valence-corrected chi connectivity index (χ4v) is 7.76. The van der Waals surface area contributed by atoms with Gasteiger partial charge in [0.15, 0.2) is 0 Å². The molecule has 5 rings (SSSR count). The SMILES string of the molecule is CC12CC/C(=N/Nc3ccccc3[N+](=O)[O-])C=C1CCC1C2CCC2(C)C1CCC2(C)O. The molecular formula is C26H35N3O3. The van der Waals surface area contributed by atoms with Gasteiger partial charge in [0, 0.05) is 6.07 Å². The Bertz CT molecular complexity index is 1000. The first-order chi connectivity index (χ1) is 15.2. The number of rotatable bonds is 3. The lowest BCUT2D eigenvalue weighted by Crippen LogP contribution is -2.53. The highest BCUT2D eigenvalue weighted by Gasteiger charge is 2.62. The van der Waals surface area contributed by atoms with Gasteiger partial charge in [0.25, 0.3) is 5.69 Å². The van der Waals surface area contributed by atoms with Crippen LogP contribution in [0.4, 0.5) is 11.4 Å². The molecule has 3 saturated carbocycles. The molecule has 32 heavy (non-hydrogen) atoms. The van der Waals surface area contributed by atoms with E-state index in [1.807, 2.05) is 0 Å². The maximum atomic E-state index is 11.3. The molecular weight excluding hydrogens is 402 g/mol. The Morgan fingerprint density at radius 3 is 2.59 bits per heavy atom. The lowest BCUT2D eigenvalue weighted by Gasteiger charge is -2.59. The Morgan fingerprint density at radius 2 is 1.81 bits per heavy atom. The Labute approximate surface area is 190 Å². The van der Waals surface area contributed by atoms with Crippen molar-refractivity contribution in [3.8, 4) is 0 Å². The summed E-state index contributed by atoms with van der Waals surface area (Å²) in [5, 5.41) is 26.9. The fourth-order valence-electron chi connectivity index (χ4n) is 7.76. The highest BCUT2D eigenvalue weighted by molar-refractivity contribution is 5.97. The molecule has 0 radical (unpaired) electrons. The van der Waals surface area contributed by atoms with Crippen LogP contribution in [0.5, 0.6) is 0 Å². The van der Waals surface area contributed by atoms with E-state index in [1.54, 1.807) is 18.2 Å². The molecule has 4 aliphatic rings. The van der Waals surface area contributed by atoms with Gasteiger partial charge >= 0.3 is 0 Å². The molecule has 0 saturated heterocycles. The number of nitrogens with zero attached hydrogens (tertiary/aromatic N) is 2. The van der Waals surface area contributed by atoms with Crippen molar-refractivity contribution in [1.29, 1.82) is 0 Å². The molecule has 172 valence electrons. The number of benzene rings is 1. The number of allylic oxidation sites excluding steroid dienone is 2. The summed E-state index contributed by atoms with van der Waals surface area (Å²) in [6.45, 7) is 6.86. The van der Waals surface area contributed by atoms with Crippen LogP contribution in [0.1, 0.15) is 72.1 Å². The molecule has 2 N–H and O–H groups in total. The molecule has 0 spiro atoms. The number of anilines is 1. The first-order valence-electron chi connectivity index (χ1n) is 12.2. The zero-order chi connectivity index (χ0) is 22.7. The van der Waals surface area contributed by atoms with Crippen molar-refractivity contribution < 1.29 is 10.0 Å². The highest BCUT2D eigenvalue weighted by Crippen LogP contribution is 2.67. The van der Waals surface area contributed by atoms with Crippen LogP contribution in [0.15, 0.2) is 41.0 Å². The number of hydrogen-bond acceptors (Lipinski definition) is 5. The van der Waals surface area contributed by atoms with E-state index in [4.69, 9.17) is 0 Å². The van der Waals surface area contributed by atoms with Crippen LogP contribution >= 0.6 is 0 Å². The van der Waals surface area contributed by atoms with Crippen molar-refractivity contribution in [3.05, 3.63) is 46.0 Å². The molecule has 6 heteroatoms. The minimum Gasteiger partial charge on any atom is -0.390 e. The van der Waals surface area contributed by atoms with E-state index in [2.05, 4.69) is 37.4 Å². The number of hydrogen-bond donors (Lipinski definition) is 2. The molecule has 0 aromatic heterocycles. The van der Waals surface area contributed by atoms with Crippen LogP contribution in [0.3, 0.4) is 0 Å². The summed E-state index contributed by atoms with van der Waals surface area (Å²) >= 11 is 0. The van der Waals surface area contributed by atoms with Crippen molar-refractivity contribution in [2.75, 3.05) is 5.43 Å². The number of nitrogens with one attached hydrogen (secondary N) is 1. The molecule has 0 amide bonds. The molecule has 6 atom stereocenters. The number of nitro groups is 1. The molecule has 0 aliphatic heterocycles. The molecule has 0 bridgehead atoms. The number of aliphatic hydroxyl groups is 1. The van der Waals surface area contributed by atoms with Gasteiger partial charge in [0.2, 0.25) is 0 Å². The number of hydrazone groups is 1. The van der Waals surface area contributed by atoms with E-state index in [-0.39, 0.29) is 21.4 Å². The Balaban J connectivity index is 1.37. The number of nitro benzene ring substituents is 1. The summed E-state index contributed by atoms with van der Waals surface area (Å²) in [6, 6.07) is 6.65. The molecule has 4 aliphatic carbocycles. The highest BCUT2D eigenvalue weighted by atomic mass is 16.6. The molecule has 1 aromatic carbocycles. The zero-order valence-corrected chi connectivity index (χ0v) is 19.4. The third-order valence-electron chi connectivity index (χ3n) is 9.96. The fraction of sp³-hybridized carbons (Fsp3) is 0.654. The standard InChI is InChI=1S/C26H35N3O3/c1-24-13-10-18(27-28-22-6-4-5-7-23(22)29(31)32)16-17(24)8-9-19-20(24)11-14-25(2)21(19)12-15-26(25,3)30/h4-7,16,19-21,28,30H,8-15H2,1-3H3/b27-18-. The van der Waals surface area contributed by atoms with Gasteiger partial charge in [0.05, 0.1) is 16.2 Å². The van der Waals surface area contributed by atoms with Gasteiger partial charge in [-0.2, -0.15) is 5.10 Å². The Kier molecular flexibility index (Phi) is 5.01. The monoisotopic (exact) mass is 437 g/mol. The van der Waals surface area contributed by atoms with Gasteiger partial charge < -0.3 is 5.11 Å². The molecule has 1 aromatic rings. The normalized spacial score (nSPS) is 41.9. The molecule has 3 fully saturated rings. The predicted octanol–water partition coefficient (Wildman–Crippen LogP) is 6.08. The average Bonchev–Trinajstić information content (AvgIpc) is 3.01. The van der Waals surface area contributed by atoms with Gasteiger partial charge in [-0.05, 0) is 99.0 Å². The van der Waals surface area contributed by atoms with Gasteiger partial charge in [-0.25, -0.2) is 0 Å². The van der Waals surface area contributed by atoms with Crippen molar-refractivity contribution in [2.45, 2.75) is 77.7 Å². The summed E-state index contributed by atoms with van der Waals surface area (Å²) in [5.74, 6) is 2.01. The van der Waals surface area contributed by atoms with Crippen molar-refractivity contribution in [3.63, 3.8) is 0 Å². The molecule has 6 unspecified atom stereocenters. The van der Waals surface area contributed by atoms with E-state index in [9.17, 15) is 15.2 Å². The number of para-hydroxylation sites is 2. The van der Waals surface area contributed by atoms with Crippen molar-refractivity contribution >= 4 is 17.1 Å². The first kappa shape index (κ1) is 21.6. The van der Waals surface area contributed by atoms with E-state index in [0.717, 1.165) is 44.2 Å². The summed E-state index contributed by atoms with van der Waals surface area (Å²) in [5.41, 5.74) is 5.64. The maximum Gasteiger partial charge on any atom is 0.294 e. The summed E-state index contributed by atoms with van der Waals surface area (Å²) < 4.78 is 0. The quantitative estimate of drug-likeness (QED) is 0.443. The van der Waals surface area contributed by atoms with Crippen LogP contribution in [0, 0.1) is 38.7 Å². The van der Waals surface area contributed by atoms with Crippen LogP contribution in [-0.2, 0) is 0 Å². The summed E-state index contributed by atoms with van der Waals surface area (Å²) in [7, 11) is 0. The van der Waals surface area contributed by atoms with Gasteiger partial charge in [-0.3, -0.25) is 15.5 Å². The molecule has 6 nitrogen and oxygen atoms in total. The second-order valence-corrected chi connectivity index (χ2v) is 11.3. The maximum absolute atomic E-state index is 11.3. The van der Waals surface area contributed by atoms with Gasteiger partial charge in [-0.15, -0.1) is 0 Å². The van der Waals surface area contributed by atoms with Crippen LogP contribution in [0.25, 0.3) is 0 Å². The summed E-state index contributed by atoms with van der Waals surface area (Å²) in [6.07, 6.45) is 10.9. The van der Waals surface area contributed by atoms with Crippen LogP contribution in [0.2, 0.25) is 0 Å². The van der Waals surface area contributed by atoms with Gasteiger partial charge in [-0.1, -0.05) is 31.6 Å². The minimum absolute atomic E-state index is 0.0448. The lowest BCUT2D eigenvalue weighted by atomic mass is 9.46. The van der Waals surface area contributed by atoms with E-state index in [0.29, 0.717) is 23.4 Å². The lowest BCUT2D eigenvalue weighted by molar-refractivity contribution is -0.384. The summed E-state index contributed by atoms with van der Waals surface area (Å²) in [4.78, 5) is 10.9. The Morgan fingerprint density at radius 1 is 1.06 bits per heavy atom. The number of fused-ring (bicyclic) bond motifs is 5. The van der Waals surface area contributed by atoms with Crippen LogP contribution < -0.4 is 5.43 Å². The second-order valence-electron chi connectivity index (χ2n) is 11.3. The second kappa shape index (κ2) is 7.41. The molecule has 0 heterocycles. The Hall–Kier alpha value is -2.21. The van der Waals surface area contributed by atoms with Crippen molar-refractivity contribution in [2.24, 2.45) is 33.7 Å². The van der Waals surface area contributed by atoms with Crippen molar-refractivity contribution in [1.82, 2.24) is 0 Å². The van der Waals surface area contributed by atoms with Crippen LogP contribution in [-0.4, -0.2) is 21.3 Å². The zero-order valence-electron chi connectivity index (χ0n) is 19.4.